The molecule has 5 saturated carbocycles. The first-order valence-electron chi connectivity index (χ1n) is 19.1. The Morgan fingerprint density at radius 3 is 2.13 bits per heavy atom. The zero-order valence-corrected chi connectivity index (χ0v) is 32.0. The molecule has 1 N–H and O–H groups in total. The Kier molecular flexibility index (Phi) is 7.82. The van der Waals surface area contributed by atoms with Gasteiger partial charge in [0, 0.05) is 61.7 Å². The SMILES string of the molecule is CC(=O)O[C@H]1C[C@H]2[C@H]([C@@H]3[C@@H](O)[C@@H]4[C@H]([C@H](C)[C@H]5O[C@]56OC(=O)[C@@](C)(OC(=O)CC(C)C)[C@]46C)[C@]31C)[C@@H](OC(C)=O)C(=O)[C@H]1C[C@@H]3O[C@@H]3[C@H](OC(C)=O)[C@@]12C. The minimum absolute atomic E-state index is 0.0445. The van der Waals surface area contributed by atoms with Crippen LogP contribution in [0, 0.1) is 63.6 Å². The molecule has 0 aromatic heterocycles. The summed E-state index contributed by atoms with van der Waals surface area (Å²) < 4.78 is 42.9. The quantitative estimate of drug-likeness (QED) is 0.237. The highest BCUT2D eigenvalue weighted by Gasteiger charge is 2.93. The number of epoxide rings is 2. The number of carbonyl (C=O) groups is 6. The van der Waals surface area contributed by atoms with Gasteiger partial charge in [0.25, 0.3) is 5.79 Å². The minimum atomic E-state index is -1.88. The molecule has 14 heteroatoms. The number of aliphatic hydroxyl groups is 1. The highest BCUT2D eigenvalue weighted by atomic mass is 16.8. The monoisotopic (exact) mass is 744 g/mol. The van der Waals surface area contributed by atoms with Crippen LogP contribution in [0.1, 0.15) is 88.5 Å². The molecule has 0 radical (unpaired) electrons. The van der Waals surface area contributed by atoms with Crippen molar-refractivity contribution in [3.05, 3.63) is 0 Å². The van der Waals surface area contributed by atoms with E-state index in [9.17, 15) is 33.9 Å². The van der Waals surface area contributed by atoms with E-state index in [4.69, 9.17) is 33.2 Å². The van der Waals surface area contributed by atoms with E-state index < -0.39 is 130 Å². The molecular weight excluding hydrogens is 692 g/mol. The molecule has 3 heterocycles. The molecule has 292 valence electrons. The topological polar surface area (TPSA) is 194 Å². The summed E-state index contributed by atoms with van der Waals surface area (Å²) in [5.74, 6) is -9.74. The fourth-order valence-corrected chi connectivity index (χ4v) is 13.5. The third-order valence-corrected chi connectivity index (χ3v) is 15.6. The summed E-state index contributed by atoms with van der Waals surface area (Å²) in [7, 11) is 0. The van der Waals surface area contributed by atoms with Crippen molar-refractivity contribution in [1.82, 2.24) is 0 Å². The fraction of sp³-hybridized carbons (Fsp3) is 0.846. The summed E-state index contributed by atoms with van der Waals surface area (Å²) in [6, 6.07) is 0. The zero-order valence-electron chi connectivity index (χ0n) is 32.0. The van der Waals surface area contributed by atoms with Gasteiger partial charge in [-0.25, -0.2) is 4.79 Å². The van der Waals surface area contributed by atoms with Gasteiger partial charge in [-0.05, 0) is 50.4 Å². The third-order valence-electron chi connectivity index (χ3n) is 15.6. The zero-order chi connectivity index (χ0) is 38.7. The summed E-state index contributed by atoms with van der Waals surface area (Å²) in [6.45, 7) is 16.7. The molecule has 53 heavy (non-hydrogen) atoms. The molecule has 0 aromatic rings. The Bertz CT molecular complexity index is 1690. The van der Waals surface area contributed by atoms with E-state index in [0.29, 0.717) is 6.42 Å². The van der Waals surface area contributed by atoms with Crippen molar-refractivity contribution in [2.75, 3.05) is 0 Å². The van der Waals surface area contributed by atoms with Gasteiger partial charge in [-0.15, -0.1) is 0 Å². The van der Waals surface area contributed by atoms with Crippen molar-refractivity contribution >= 4 is 35.6 Å². The summed E-state index contributed by atoms with van der Waals surface area (Å²) in [5.41, 5.74) is -5.46. The maximum atomic E-state index is 14.9. The normalized spacial score (nSPS) is 53.7. The number of hydrogen-bond acceptors (Lipinski definition) is 14. The summed E-state index contributed by atoms with van der Waals surface area (Å²) >= 11 is 0. The third kappa shape index (κ3) is 4.43. The second kappa shape index (κ2) is 11.2. The first-order chi connectivity index (χ1) is 24.6. The van der Waals surface area contributed by atoms with Gasteiger partial charge in [-0.2, -0.15) is 0 Å². The van der Waals surface area contributed by atoms with Crippen LogP contribution in [0.3, 0.4) is 0 Å². The number of rotatable bonds is 6. The van der Waals surface area contributed by atoms with Crippen LogP contribution in [-0.2, 0) is 61.9 Å². The molecule has 8 fully saturated rings. The number of ether oxygens (including phenoxy) is 7. The number of esters is 5. The molecule has 1 spiro atoms. The van der Waals surface area contributed by atoms with Crippen LogP contribution in [0.15, 0.2) is 0 Å². The van der Waals surface area contributed by atoms with Crippen molar-refractivity contribution in [1.29, 1.82) is 0 Å². The first kappa shape index (κ1) is 36.9. The van der Waals surface area contributed by atoms with Gasteiger partial charge >= 0.3 is 29.8 Å². The maximum absolute atomic E-state index is 14.9. The van der Waals surface area contributed by atoms with E-state index in [1.54, 1.807) is 6.92 Å². The Hall–Kier alpha value is -3.10. The summed E-state index contributed by atoms with van der Waals surface area (Å²) in [4.78, 5) is 80.8. The number of Topliss-reactive ketones (excluding diaryl/α,β-unsaturated/α-hetero) is 1. The van der Waals surface area contributed by atoms with E-state index in [1.165, 1.54) is 27.7 Å². The Labute approximate surface area is 308 Å². The van der Waals surface area contributed by atoms with Gasteiger partial charge in [0.2, 0.25) is 5.60 Å². The molecule has 0 aromatic carbocycles. The van der Waals surface area contributed by atoms with Gasteiger partial charge in [-0.3, -0.25) is 24.0 Å². The number of hydrogen-bond donors (Lipinski definition) is 1. The van der Waals surface area contributed by atoms with Gasteiger partial charge in [0.15, 0.2) is 11.9 Å². The van der Waals surface area contributed by atoms with Crippen molar-refractivity contribution in [2.24, 2.45) is 63.6 Å². The average Bonchev–Trinajstić information content (AvgIpc) is 3.94. The van der Waals surface area contributed by atoms with Gasteiger partial charge in [0.1, 0.15) is 24.4 Å². The molecule has 0 amide bonds. The summed E-state index contributed by atoms with van der Waals surface area (Å²) in [6.07, 6.45) is -5.06. The van der Waals surface area contributed by atoms with E-state index in [2.05, 4.69) is 0 Å². The molecule has 0 unspecified atom stereocenters. The van der Waals surface area contributed by atoms with Crippen LogP contribution in [-0.4, -0.2) is 94.9 Å². The molecule has 19 atom stereocenters. The van der Waals surface area contributed by atoms with Crippen LogP contribution < -0.4 is 0 Å². The number of fused-ring (bicyclic) bond motifs is 9. The van der Waals surface area contributed by atoms with Crippen LogP contribution >= 0.6 is 0 Å². The lowest BCUT2D eigenvalue weighted by Crippen LogP contribution is -2.70. The first-order valence-corrected chi connectivity index (χ1v) is 19.1. The number of aliphatic hydroxyl groups excluding tert-OH is 1. The van der Waals surface area contributed by atoms with E-state index in [-0.39, 0.29) is 36.6 Å². The number of carbonyl (C=O) groups excluding carboxylic acids is 6. The van der Waals surface area contributed by atoms with Gasteiger partial charge < -0.3 is 38.3 Å². The maximum Gasteiger partial charge on any atom is 0.353 e. The highest BCUT2D eigenvalue weighted by Crippen LogP contribution is 2.81. The van der Waals surface area contributed by atoms with Crippen molar-refractivity contribution in [3.63, 3.8) is 0 Å². The lowest BCUT2D eigenvalue weighted by molar-refractivity contribution is -0.237. The standard InChI is InChI=1S/C39H52O14/c1-14(2)11-23(43)51-38(10)34(46)53-39-32(52-39)15(3)25-27(37(38,39)9)29(45)26-24-19(13-22(36(25,26)8)47-16(4)40)35(7)20(28(44)31(24)48-17(5)41)12-21-30(50-21)33(35)49-18(6)42/h14-15,19-22,24-27,29-33,45H,11-13H2,1-10H3/t15-,19-,20+,21-,22-,24+,25-,26+,27-,29+,30-,31+,32+,33-,35+,36+,37-,38+,39-/m0/s1. The van der Waals surface area contributed by atoms with Crippen molar-refractivity contribution < 1.29 is 67.0 Å². The van der Waals surface area contributed by atoms with Crippen LogP contribution in [0.4, 0.5) is 0 Å². The van der Waals surface area contributed by atoms with Crippen LogP contribution in [0.2, 0.25) is 0 Å². The lowest BCUT2D eigenvalue weighted by atomic mass is 9.41. The Morgan fingerprint density at radius 2 is 1.53 bits per heavy atom. The molecule has 3 saturated heterocycles. The number of ketones is 1. The smallest absolute Gasteiger partial charge is 0.353 e. The minimum Gasteiger partial charge on any atom is -0.462 e. The van der Waals surface area contributed by atoms with Gasteiger partial charge in [0.05, 0.1) is 17.6 Å². The largest absolute Gasteiger partial charge is 0.462 e. The fourth-order valence-electron chi connectivity index (χ4n) is 13.5. The molecule has 5 aliphatic carbocycles. The second-order valence-corrected chi connectivity index (χ2v) is 18.5. The highest BCUT2D eigenvalue weighted by molar-refractivity contribution is 5.90. The summed E-state index contributed by atoms with van der Waals surface area (Å²) in [5, 5.41) is 13.2. The van der Waals surface area contributed by atoms with Crippen molar-refractivity contribution in [3.8, 4) is 0 Å². The van der Waals surface area contributed by atoms with Crippen LogP contribution in [0.25, 0.3) is 0 Å². The predicted molar refractivity (Wildman–Crippen MR) is 178 cm³/mol. The van der Waals surface area contributed by atoms with E-state index in [1.807, 2.05) is 34.6 Å². The molecule has 8 rings (SSSR count). The van der Waals surface area contributed by atoms with Gasteiger partial charge in [-0.1, -0.05) is 34.6 Å². The molecule has 0 bridgehead atoms. The molecule has 8 aliphatic rings. The molecule has 14 nitrogen and oxygen atoms in total. The van der Waals surface area contributed by atoms with Crippen LogP contribution in [0.5, 0.6) is 0 Å². The Morgan fingerprint density at radius 1 is 0.887 bits per heavy atom. The second-order valence-electron chi connectivity index (χ2n) is 18.5. The molecular formula is C39H52O14. The average molecular weight is 745 g/mol. The Balaban J connectivity index is 1.32. The predicted octanol–water partition coefficient (Wildman–Crippen LogP) is 2.68. The molecule has 3 aliphatic heterocycles. The lowest BCUT2D eigenvalue weighted by Gasteiger charge is -2.63. The van der Waals surface area contributed by atoms with E-state index in [0.717, 1.165) is 0 Å². The van der Waals surface area contributed by atoms with Crippen molar-refractivity contribution in [2.45, 2.75) is 143 Å². The van der Waals surface area contributed by atoms with E-state index >= 15 is 0 Å².